The van der Waals surface area contributed by atoms with Gasteiger partial charge in [-0.3, -0.25) is 0 Å². The minimum Gasteiger partial charge on any atom is -0.436 e. The summed E-state index contributed by atoms with van der Waals surface area (Å²) >= 11 is 13.6. The number of hydrogen-bond donors (Lipinski definition) is 0. The normalized spacial score (nSPS) is 11.5. The number of nitrogens with zero attached hydrogens (tertiary/aromatic N) is 2. The zero-order chi connectivity index (χ0) is 22.4. The summed E-state index contributed by atoms with van der Waals surface area (Å²) in [4.78, 5) is 11.3. The van der Waals surface area contributed by atoms with Crippen molar-refractivity contribution in [2.24, 2.45) is 0 Å². The van der Waals surface area contributed by atoms with Crippen LogP contribution in [0.4, 0.5) is 0 Å². The van der Waals surface area contributed by atoms with Crippen molar-refractivity contribution in [1.82, 2.24) is 9.97 Å². The van der Waals surface area contributed by atoms with Gasteiger partial charge in [0.2, 0.25) is 11.8 Å². The lowest BCUT2D eigenvalue weighted by Crippen LogP contribution is -1.76. The van der Waals surface area contributed by atoms with Crippen LogP contribution in [-0.2, 0) is 0 Å². The Bertz CT molecular complexity index is 1480. The average Bonchev–Trinajstić information content (AvgIpc) is 3.44. The van der Waals surface area contributed by atoms with Crippen LogP contribution in [0.1, 0.15) is 0 Å². The third-order valence-electron chi connectivity index (χ3n) is 5.14. The lowest BCUT2D eigenvalue weighted by molar-refractivity contribution is 0.619. The molecule has 0 bridgehead atoms. The van der Waals surface area contributed by atoms with Gasteiger partial charge in [-0.2, -0.15) is 0 Å². The van der Waals surface area contributed by atoms with Crippen LogP contribution in [0.5, 0.6) is 0 Å². The van der Waals surface area contributed by atoms with Crippen LogP contribution in [0.3, 0.4) is 0 Å². The van der Waals surface area contributed by atoms with Gasteiger partial charge in [0.05, 0.1) is 0 Å². The average molecular weight is 489 g/mol. The molecule has 0 aliphatic rings. The van der Waals surface area contributed by atoms with E-state index in [0.29, 0.717) is 21.8 Å². The van der Waals surface area contributed by atoms with Crippen LogP contribution < -0.4 is 0 Å². The summed E-state index contributed by atoms with van der Waals surface area (Å²) < 4.78 is 12.0. The minimum atomic E-state index is 0.571. The standard InChI is InChI=1S/C26H14Cl2N2O2S/c27-17-5-1-15(2-6-17)25-29-21-11-9-19(13-23(21)31-25)33-20-10-12-22-24(14-20)32-26(30-22)16-3-7-18(28)8-4-16/h1-14H. The molecule has 6 aromatic rings. The van der Waals surface area contributed by atoms with E-state index in [1.54, 1.807) is 11.8 Å². The minimum absolute atomic E-state index is 0.571. The molecule has 4 aromatic carbocycles. The summed E-state index contributed by atoms with van der Waals surface area (Å²) in [7, 11) is 0. The van der Waals surface area contributed by atoms with Gasteiger partial charge in [0, 0.05) is 31.0 Å². The number of fused-ring (bicyclic) bond motifs is 2. The van der Waals surface area contributed by atoms with Gasteiger partial charge in [0.15, 0.2) is 11.2 Å². The van der Waals surface area contributed by atoms with E-state index in [1.807, 2.05) is 84.9 Å². The quantitative estimate of drug-likeness (QED) is 0.248. The highest BCUT2D eigenvalue weighted by atomic mass is 35.5. The van der Waals surface area contributed by atoms with E-state index in [-0.39, 0.29) is 0 Å². The van der Waals surface area contributed by atoms with Crippen LogP contribution in [-0.4, -0.2) is 9.97 Å². The Labute approximate surface area is 203 Å². The van der Waals surface area contributed by atoms with Gasteiger partial charge >= 0.3 is 0 Å². The smallest absolute Gasteiger partial charge is 0.227 e. The molecule has 4 nitrogen and oxygen atoms in total. The largest absolute Gasteiger partial charge is 0.436 e. The van der Waals surface area contributed by atoms with Gasteiger partial charge in [0.25, 0.3) is 0 Å². The van der Waals surface area contributed by atoms with Gasteiger partial charge in [-0.15, -0.1) is 0 Å². The molecule has 160 valence electrons. The van der Waals surface area contributed by atoms with Crippen LogP contribution >= 0.6 is 35.0 Å². The van der Waals surface area contributed by atoms with Crippen molar-refractivity contribution in [3.05, 3.63) is 95.0 Å². The number of rotatable bonds is 4. The summed E-state index contributed by atoms with van der Waals surface area (Å²) in [5.41, 5.74) is 4.85. The topological polar surface area (TPSA) is 52.1 Å². The summed E-state index contributed by atoms with van der Waals surface area (Å²) in [6.07, 6.45) is 0. The van der Waals surface area contributed by atoms with Crippen molar-refractivity contribution in [1.29, 1.82) is 0 Å². The fraction of sp³-hybridized carbons (Fsp3) is 0. The molecule has 0 amide bonds. The Kier molecular flexibility index (Phi) is 5.10. The molecule has 7 heteroatoms. The zero-order valence-corrected chi connectivity index (χ0v) is 19.3. The van der Waals surface area contributed by atoms with Crippen molar-refractivity contribution < 1.29 is 8.83 Å². The molecule has 2 aromatic heterocycles. The predicted octanol–water partition coefficient (Wildman–Crippen LogP) is 8.76. The van der Waals surface area contributed by atoms with Gasteiger partial charge in [-0.25, -0.2) is 9.97 Å². The first kappa shape index (κ1) is 20.4. The van der Waals surface area contributed by atoms with Crippen molar-refractivity contribution in [2.45, 2.75) is 9.79 Å². The number of hydrogen-bond acceptors (Lipinski definition) is 5. The fourth-order valence-electron chi connectivity index (χ4n) is 3.50. The second-order valence-electron chi connectivity index (χ2n) is 7.41. The van der Waals surface area contributed by atoms with Gasteiger partial charge in [-0.1, -0.05) is 35.0 Å². The number of benzene rings is 4. The van der Waals surface area contributed by atoms with E-state index in [2.05, 4.69) is 9.97 Å². The maximum absolute atomic E-state index is 6.00. The molecule has 0 N–H and O–H groups in total. The Morgan fingerprint density at radius 3 is 1.39 bits per heavy atom. The molecule has 33 heavy (non-hydrogen) atoms. The SMILES string of the molecule is Clc1ccc(-c2nc3ccc(Sc4ccc5nc(-c6ccc(Cl)cc6)oc5c4)cc3o2)cc1. The van der Waals surface area contributed by atoms with E-state index < -0.39 is 0 Å². The van der Waals surface area contributed by atoms with Crippen molar-refractivity contribution in [3.8, 4) is 22.9 Å². The van der Waals surface area contributed by atoms with E-state index in [4.69, 9.17) is 32.0 Å². The van der Waals surface area contributed by atoms with Crippen LogP contribution in [0.15, 0.2) is 104 Å². The molecule has 0 unspecified atom stereocenters. The molecular weight excluding hydrogens is 475 g/mol. The lowest BCUT2D eigenvalue weighted by atomic mass is 10.2. The second-order valence-corrected chi connectivity index (χ2v) is 9.43. The molecule has 6 rings (SSSR count). The Balaban J connectivity index is 1.28. The third-order valence-corrected chi connectivity index (χ3v) is 6.62. The molecule has 0 fully saturated rings. The third kappa shape index (κ3) is 4.11. The van der Waals surface area contributed by atoms with Gasteiger partial charge < -0.3 is 8.83 Å². The summed E-state index contributed by atoms with van der Waals surface area (Å²) in [5, 5.41) is 1.36. The highest BCUT2D eigenvalue weighted by molar-refractivity contribution is 7.99. The van der Waals surface area contributed by atoms with Crippen LogP contribution in [0.2, 0.25) is 10.0 Å². The summed E-state index contributed by atoms with van der Waals surface area (Å²) in [5.74, 6) is 1.14. The molecule has 0 radical (unpaired) electrons. The molecule has 0 saturated carbocycles. The predicted molar refractivity (Wildman–Crippen MR) is 133 cm³/mol. The van der Waals surface area contributed by atoms with E-state index in [1.165, 1.54) is 0 Å². The first-order chi connectivity index (χ1) is 16.1. The molecule has 0 aliphatic heterocycles. The van der Waals surface area contributed by atoms with Crippen LogP contribution in [0, 0.1) is 0 Å². The maximum atomic E-state index is 6.00. The van der Waals surface area contributed by atoms with E-state index in [9.17, 15) is 0 Å². The summed E-state index contributed by atoms with van der Waals surface area (Å²) in [6, 6.07) is 26.9. The Hall–Kier alpha value is -3.25. The number of oxazole rings is 2. The molecule has 0 atom stereocenters. The number of aromatic nitrogens is 2. The van der Waals surface area contributed by atoms with E-state index >= 15 is 0 Å². The maximum Gasteiger partial charge on any atom is 0.227 e. The second kappa shape index (κ2) is 8.27. The Morgan fingerprint density at radius 2 is 0.970 bits per heavy atom. The monoisotopic (exact) mass is 488 g/mol. The fourth-order valence-corrected chi connectivity index (χ4v) is 4.63. The first-order valence-electron chi connectivity index (χ1n) is 10.1. The van der Waals surface area contributed by atoms with Crippen molar-refractivity contribution >= 4 is 57.2 Å². The Morgan fingerprint density at radius 1 is 0.545 bits per heavy atom. The van der Waals surface area contributed by atoms with Crippen molar-refractivity contribution in [3.63, 3.8) is 0 Å². The first-order valence-corrected chi connectivity index (χ1v) is 11.7. The zero-order valence-electron chi connectivity index (χ0n) is 17.0. The number of halogens is 2. The van der Waals surface area contributed by atoms with Gasteiger partial charge in [0.1, 0.15) is 11.0 Å². The molecular formula is C26H14Cl2N2O2S. The molecule has 0 saturated heterocycles. The van der Waals surface area contributed by atoms with Crippen LogP contribution in [0.25, 0.3) is 45.1 Å². The molecule has 0 aliphatic carbocycles. The van der Waals surface area contributed by atoms with Crippen molar-refractivity contribution in [2.75, 3.05) is 0 Å². The summed E-state index contributed by atoms with van der Waals surface area (Å²) in [6.45, 7) is 0. The molecule has 2 heterocycles. The van der Waals surface area contributed by atoms with E-state index in [0.717, 1.165) is 43.1 Å². The highest BCUT2D eigenvalue weighted by Gasteiger charge is 2.12. The van der Waals surface area contributed by atoms with Gasteiger partial charge in [-0.05, 0) is 84.9 Å². The lowest BCUT2D eigenvalue weighted by Gasteiger charge is -2.01. The molecule has 0 spiro atoms. The highest BCUT2D eigenvalue weighted by Crippen LogP contribution is 2.34.